The molecule has 0 spiro atoms. The normalized spacial score (nSPS) is 21.9. The van der Waals surface area contributed by atoms with Crippen LogP contribution in [0.5, 0.6) is 0 Å². The van der Waals surface area contributed by atoms with Gasteiger partial charge in [-0.25, -0.2) is 0 Å². The molecule has 2 atom stereocenters. The Labute approximate surface area is 162 Å². The summed E-state index contributed by atoms with van der Waals surface area (Å²) in [5.41, 5.74) is 5.81. The van der Waals surface area contributed by atoms with Crippen molar-refractivity contribution >= 4 is 35.0 Å². The van der Waals surface area contributed by atoms with Crippen molar-refractivity contribution < 1.29 is 10.4 Å². The van der Waals surface area contributed by atoms with Gasteiger partial charge in [0.1, 0.15) is 0 Å². The van der Waals surface area contributed by atoms with E-state index in [0.29, 0.717) is 15.8 Å². The van der Waals surface area contributed by atoms with Gasteiger partial charge in [0.05, 0.1) is 11.8 Å². The van der Waals surface area contributed by atoms with Crippen molar-refractivity contribution in [3.8, 4) is 0 Å². The molecular weight excluding hydrogens is 371 g/mol. The van der Waals surface area contributed by atoms with E-state index in [1.165, 1.54) is 0 Å². The van der Waals surface area contributed by atoms with Crippen LogP contribution >= 0.6 is 23.2 Å². The summed E-state index contributed by atoms with van der Waals surface area (Å²) in [6, 6.07) is 14.4. The standard InChI is InChI=1S/C20H20Cl2N2O2/c21-16-8-4-13(5-9-16)12-15-2-1-3-18(20(15)24-26)19(23-25)14-6-10-17(22)11-7-14/h4-12,18-19,23,25-26H,1-3H2/b15-12-,24-20-. The minimum atomic E-state index is -0.382. The van der Waals surface area contributed by atoms with Crippen LogP contribution < -0.4 is 5.48 Å². The number of allylic oxidation sites excluding steroid dienone is 1. The van der Waals surface area contributed by atoms with Crippen LogP contribution in [-0.2, 0) is 0 Å². The van der Waals surface area contributed by atoms with E-state index in [1.54, 1.807) is 12.1 Å². The molecule has 0 aromatic heterocycles. The number of hydrogen-bond acceptors (Lipinski definition) is 4. The van der Waals surface area contributed by atoms with Gasteiger partial charge in [0.25, 0.3) is 0 Å². The molecule has 0 radical (unpaired) electrons. The van der Waals surface area contributed by atoms with E-state index in [2.05, 4.69) is 10.6 Å². The number of benzene rings is 2. The highest BCUT2D eigenvalue weighted by molar-refractivity contribution is 6.30. The number of oxime groups is 1. The van der Waals surface area contributed by atoms with Gasteiger partial charge in [-0.2, -0.15) is 5.48 Å². The molecule has 0 amide bonds. The van der Waals surface area contributed by atoms with Crippen molar-refractivity contribution in [2.45, 2.75) is 25.3 Å². The molecule has 1 aliphatic carbocycles. The molecule has 2 aromatic rings. The van der Waals surface area contributed by atoms with Gasteiger partial charge >= 0.3 is 0 Å². The fourth-order valence-corrected chi connectivity index (χ4v) is 3.70. The smallest absolute Gasteiger partial charge is 0.0878 e. The maximum Gasteiger partial charge on any atom is 0.0878 e. The minimum absolute atomic E-state index is 0.154. The molecule has 0 aliphatic heterocycles. The molecule has 6 heteroatoms. The first-order chi connectivity index (χ1) is 12.6. The molecule has 3 rings (SSSR count). The lowest BCUT2D eigenvalue weighted by molar-refractivity contribution is 0.106. The third-order valence-electron chi connectivity index (χ3n) is 4.73. The summed E-state index contributed by atoms with van der Waals surface area (Å²) in [5, 5.41) is 24.3. The third-order valence-corrected chi connectivity index (χ3v) is 5.23. The summed E-state index contributed by atoms with van der Waals surface area (Å²) in [6.07, 6.45) is 4.57. The zero-order valence-electron chi connectivity index (χ0n) is 14.1. The average Bonchev–Trinajstić information content (AvgIpc) is 2.66. The topological polar surface area (TPSA) is 64.9 Å². The highest BCUT2D eigenvalue weighted by Crippen LogP contribution is 2.36. The van der Waals surface area contributed by atoms with Gasteiger partial charge in [0, 0.05) is 16.0 Å². The van der Waals surface area contributed by atoms with Gasteiger partial charge in [0.2, 0.25) is 0 Å². The van der Waals surface area contributed by atoms with Crippen molar-refractivity contribution in [1.82, 2.24) is 5.48 Å². The lowest BCUT2D eigenvalue weighted by atomic mass is 9.77. The van der Waals surface area contributed by atoms with E-state index in [1.807, 2.05) is 42.5 Å². The largest absolute Gasteiger partial charge is 0.411 e. The number of rotatable bonds is 4. The highest BCUT2D eigenvalue weighted by Gasteiger charge is 2.32. The Balaban J connectivity index is 1.91. The highest BCUT2D eigenvalue weighted by atomic mass is 35.5. The molecule has 2 unspecified atom stereocenters. The predicted octanol–water partition coefficient (Wildman–Crippen LogP) is 5.73. The molecular formula is C20H20Cl2N2O2. The fraction of sp³-hybridized carbons (Fsp3) is 0.250. The van der Waals surface area contributed by atoms with Crippen molar-refractivity contribution in [2.75, 3.05) is 0 Å². The Morgan fingerprint density at radius 1 is 1.04 bits per heavy atom. The SMILES string of the molecule is O/N=C1/C(=C\c2ccc(Cl)cc2)CCCC1C(NO)c1ccc(Cl)cc1. The van der Waals surface area contributed by atoms with Gasteiger partial charge in [0.15, 0.2) is 0 Å². The Morgan fingerprint density at radius 3 is 2.23 bits per heavy atom. The Morgan fingerprint density at radius 2 is 1.65 bits per heavy atom. The van der Waals surface area contributed by atoms with Gasteiger partial charge < -0.3 is 10.4 Å². The Kier molecular flexibility index (Phi) is 6.33. The average molecular weight is 391 g/mol. The molecule has 4 nitrogen and oxygen atoms in total. The number of hydroxylamine groups is 1. The van der Waals surface area contributed by atoms with Gasteiger partial charge in [-0.15, -0.1) is 0 Å². The van der Waals surface area contributed by atoms with Crippen molar-refractivity contribution in [1.29, 1.82) is 0 Å². The van der Waals surface area contributed by atoms with Crippen molar-refractivity contribution in [2.24, 2.45) is 11.1 Å². The Bertz CT molecular complexity index is 802. The summed E-state index contributed by atoms with van der Waals surface area (Å²) in [5.74, 6) is -0.154. The third kappa shape index (κ3) is 4.27. The van der Waals surface area contributed by atoms with Crippen LogP contribution in [0.1, 0.15) is 36.4 Å². The first-order valence-electron chi connectivity index (χ1n) is 8.46. The van der Waals surface area contributed by atoms with Crippen LogP contribution in [0.25, 0.3) is 6.08 Å². The van der Waals surface area contributed by atoms with Gasteiger partial charge in [-0.3, -0.25) is 0 Å². The Hall–Kier alpha value is -1.85. The van der Waals surface area contributed by atoms with Crippen LogP contribution in [0.3, 0.4) is 0 Å². The molecule has 1 saturated carbocycles. The fourth-order valence-electron chi connectivity index (χ4n) is 3.45. The second-order valence-electron chi connectivity index (χ2n) is 6.36. The van der Waals surface area contributed by atoms with Crippen LogP contribution in [0.2, 0.25) is 10.0 Å². The number of halogens is 2. The zero-order valence-corrected chi connectivity index (χ0v) is 15.6. The molecule has 0 heterocycles. The molecule has 1 fully saturated rings. The van der Waals surface area contributed by atoms with Crippen LogP contribution in [0.15, 0.2) is 59.3 Å². The lowest BCUT2D eigenvalue weighted by Gasteiger charge is -2.31. The van der Waals surface area contributed by atoms with Gasteiger partial charge in [-0.05, 0) is 66.3 Å². The first-order valence-corrected chi connectivity index (χ1v) is 9.21. The van der Waals surface area contributed by atoms with Crippen LogP contribution in [0.4, 0.5) is 0 Å². The van der Waals surface area contributed by atoms with E-state index in [4.69, 9.17) is 23.2 Å². The molecule has 0 saturated heterocycles. The van der Waals surface area contributed by atoms with E-state index < -0.39 is 0 Å². The molecule has 26 heavy (non-hydrogen) atoms. The summed E-state index contributed by atoms with van der Waals surface area (Å²) >= 11 is 11.9. The first kappa shape index (κ1) is 18.9. The monoisotopic (exact) mass is 390 g/mol. The van der Waals surface area contributed by atoms with Crippen molar-refractivity contribution in [3.05, 3.63) is 75.3 Å². The zero-order chi connectivity index (χ0) is 18.5. The van der Waals surface area contributed by atoms with E-state index in [-0.39, 0.29) is 12.0 Å². The molecule has 2 aromatic carbocycles. The van der Waals surface area contributed by atoms with Crippen molar-refractivity contribution in [3.63, 3.8) is 0 Å². The summed E-state index contributed by atoms with van der Waals surface area (Å²) in [6.45, 7) is 0. The maximum absolute atomic E-state index is 9.77. The van der Waals surface area contributed by atoms with Crippen LogP contribution in [0, 0.1) is 5.92 Å². The number of nitrogens with one attached hydrogen (secondary N) is 1. The second kappa shape index (κ2) is 8.69. The summed E-state index contributed by atoms with van der Waals surface area (Å²) < 4.78 is 0. The van der Waals surface area contributed by atoms with E-state index in [0.717, 1.165) is 36.0 Å². The quantitative estimate of drug-likeness (QED) is 0.461. The molecule has 136 valence electrons. The predicted molar refractivity (Wildman–Crippen MR) is 105 cm³/mol. The summed E-state index contributed by atoms with van der Waals surface area (Å²) in [7, 11) is 0. The molecule has 0 bridgehead atoms. The number of nitrogens with zero attached hydrogens (tertiary/aromatic N) is 1. The molecule has 1 aliphatic rings. The second-order valence-corrected chi connectivity index (χ2v) is 7.24. The lowest BCUT2D eigenvalue weighted by Crippen LogP contribution is -2.34. The van der Waals surface area contributed by atoms with Gasteiger partial charge in [-0.1, -0.05) is 52.6 Å². The summed E-state index contributed by atoms with van der Waals surface area (Å²) in [4.78, 5) is 0. The minimum Gasteiger partial charge on any atom is -0.411 e. The molecule has 3 N–H and O–H groups in total. The maximum atomic E-state index is 9.77. The van der Waals surface area contributed by atoms with Crippen LogP contribution in [-0.4, -0.2) is 16.1 Å². The van der Waals surface area contributed by atoms with E-state index in [9.17, 15) is 10.4 Å². The van der Waals surface area contributed by atoms with E-state index >= 15 is 0 Å². The number of hydrogen-bond donors (Lipinski definition) is 3.